The maximum atomic E-state index is 13.2. The summed E-state index contributed by atoms with van der Waals surface area (Å²) in [6, 6.07) is 11.6. The first-order valence-electron chi connectivity index (χ1n) is 9.27. The van der Waals surface area contributed by atoms with Crippen LogP contribution in [0.15, 0.2) is 51.6 Å². The number of rotatable bonds is 5. The van der Waals surface area contributed by atoms with Crippen molar-refractivity contribution in [3.63, 3.8) is 0 Å². The summed E-state index contributed by atoms with van der Waals surface area (Å²) in [5, 5.41) is 11.9. The summed E-state index contributed by atoms with van der Waals surface area (Å²) in [4.78, 5) is 17.6. The van der Waals surface area contributed by atoms with Gasteiger partial charge in [-0.25, -0.2) is 9.67 Å². The van der Waals surface area contributed by atoms with Gasteiger partial charge in [-0.2, -0.15) is 5.10 Å². The molecule has 29 heavy (non-hydrogen) atoms. The molecule has 0 fully saturated rings. The average molecular weight is 454 g/mol. The molecule has 0 radical (unpaired) electrons. The van der Waals surface area contributed by atoms with Crippen LogP contribution in [0.25, 0.3) is 11.1 Å². The van der Waals surface area contributed by atoms with E-state index in [4.69, 9.17) is 4.52 Å². The van der Waals surface area contributed by atoms with Gasteiger partial charge in [0.15, 0.2) is 0 Å². The maximum Gasteiger partial charge on any atom is 0.259 e. The Morgan fingerprint density at radius 1 is 1.28 bits per heavy atom. The molecule has 8 heteroatoms. The Morgan fingerprint density at radius 2 is 2.10 bits per heavy atom. The number of benzene rings is 1. The summed E-state index contributed by atoms with van der Waals surface area (Å²) in [5.74, 6) is 0.514. The molecule has 148 valence electrons. The lowest BCUT2D eigenvalue weighted by molar-refractivity contribution is 0.102. The zero-order valence-electron chi connectivity index (χ0n) is 16.3. The Bertz CT molecular complexity index is 1190. The highest BCUT2D eigenvalue weighted by molar-refractivity contribution is 9.10. The van der Waals surface area contributed by atoms with Crippen LogP contribution in [0.4, 0.5) is 5.82 Å². The van der Waals surface area contributed by atoms with Crippen molar-refractivity contribution in [3.8, 4) is 0 Å². The topological polar surface area (TPSA) is 85.8 Å². The Balaban J connectivity index is 1.66. The molecule has 0 bridgehead atoms. The van der Waals surface area contributed by atoms with E-state index in [1.54, 1.807) is 23.9 Å². The summed E-state index contributed by atoms with van der Waals surface area (Å²) >= 11 is 3.48. The Morgan fingerprint density at radius 3 is 2.86 bits per heavy atom. The van der Waals surface area contributed by atoms with Crippen molar-refractivity contribution in [2.75, 3.05) is 5.32 Å². The molecule has 0 aliphatic carbocycles. The fourth-order valence-corrected chi connectivity index (χ4v) is 3.59. The van der Waals surface area contributed by atoms with E-state index in [0.717, 1.165) is 15.7 Å². The minimum Gasteiger partial charge on any atom is -0.336 e. The fourth-order valence-electron chi connectivity index (χ4n) is 3.15. The van der Waals surface area contributed by atoms with E-state index >= 15 is 0 Å². The highest BCUT2D eigenvalue weighted by atomic mass is 79.9. The van der Waals surface area contributed by atoms with Gasteiger partial charge in [0.25, 0.3) is 11.6 Å². The minimum absolute atomic E-state index is 0.151. The van der Waals surface area contributed by atoms with Gasteiger partial charge >= 0.3 is 0 Å². The van der Waals surface area contributed by atoms with Gasteiger partial charge in [0.05, 0.1) is 29.4 Å². The van der Waals surface area contributed by atoms with Crippen molar-refractivity contribution >= 4 is 38.8 Å². The molecular weight excluding hydrogens is 434 g/mol. The number of amides is 1. The largest absolute Gasteiger partial charge is 0.336 e. The Kier molecular flexibility index (Phi) is 5.19. The zero-order valence-corrected chi connectivity index (χ0v) is 17.9. The molecule has 0 saturated heterocycles. The van der Waals surface area contributed by atoms with Gasteiger partial charge in [-0.3, -0.25) is 4.79 Å². The summed E-state index contributed by atoms with van der Waals surface area (Å²) in [6.45, 7) is 6.38. The first kappa shape index (κ1) is 19.3. The smallest absolute Gasteiger partial charge is 0.259 e. The van der Waals surface area contributed by atoms with Gasteiger partial charge in [0, 0.05) is 16.2 Å². The molecule has 3 aromatic heterocycles. The van der Waals surface area contributed by atoms with E-state index in [-0.39, 0.29) is 11.8 Å². The van der Waals surface area contributed by atoms with Crippen LogP contribution in [0.1, 0.15) is 47.1 Å². The van der Waals surface area contributed by atoms with Crippen molar-refractivity contribution in [2.24, 2.45) is 0 Å². The Hall–Kier alpha value is -3.00. The summed E-state index contributed by atoms with van der Waals surface area (Å²) in [5.41, 5.74) is 3.35. The number of anilines is 1. The summed E-state index contributed by atoms with van der Waals surface area (Å²) in [6.07, 6.45) is 1.67. The molecule has 7 nitrogen and oxygen atoms in total. The van der Waals surface area contributed by atoms with Crippen LogP contribution in [-0.2, 0) is 6.54 Å². The number of pyridine rings is 1. The summed E-state index contributed by atoms with van der Waals surface area (Å²) < 4.78 is 8.06. The molecule has 3 heterocycles. The maximum absolute atomic E-state index is 13.2. The van der Waals surface area contributed by atoms with E-state index in [1.807, 2.05) is 44.2 Å². The van der Waals surface area contributed by atoms with E-state index in [0.29, 0.717) is 34.7 Å². The van der Waals surface area contributed by atoms with Gasteiger partial charge in [-0.1, -0.05) is 47.1 Å². The molecule has 0 aliphatic rings. The van der Waals surface area contributed by atoms with E-state index in [1.165, 1.54) is 0 Å². The predicted octanol–water partition coefficient (Wildman–Crippen LogP) is 4.91. The van der Waals surface area contributed by atoms with Crippen LogP contribution in [0.2, 0.25) is 0 Å². The van der Waals surface area contributed by atoms with E-state index < -0.39 is 0 Å². The molecule has 1 aromatic carbocycles. The summed E-state index contributed by atoms with van der Waals surface area (Å²) in [7, 11) is 0. The van der Waals surface area contributed by atoms with Crippen molar-refractivity contribution in [1.82, 2.24) is 19.9 Å². The predicted molar refractivity (Wildman–Crippen MR) is 114 cm³/mol. The Labute approximate surface area is 176 Å². The first-order chi connectivity index (χ1) is 13.9. The third-order valence-electron chi connectivity index (χ3n) is 4.65. The molecule has 0 spiro atoms. The number of nitrogens with one attached hydrogen (secondary N) is 1. The number of aromatic nitrogens is 4. The van der Waals surface area contributed by atoms with Gasteiger partial charge in [0.2, 0.25) is 0 Å². The quantitative estimate of drug-likeness (QED) is 0.463. The lowest BCUT2D eigenvalue weighted by atomic mass is 10.0. The van der Waals surface area contributed by atoms with Crippen LogP contribution in [0.5, 0.6) is 0 Å². The number of halogens is 1. The number of carbonyl (C=O) groups excluding carboxylic acids is 1. The molecule has 4 aromatic rings. The minimum atomic E-state index is -0.249. The SMILES string of the molecule is Cc1noc2nc(C(C)C)cc(C(=O)Nc3ccnn3Cc3cccc(Br)c3)c12. The molecule has 1 amide bonds. The van der Waals surface area contributed by atoms with Crippen molar-refractivity contribution in [1.29, 1.82) is 0 Å². The van der Waals surface area contributed by atoms with Crippen LogP contribution >= 0.6 is 15.9 Å². The second-order valence-corrected chi connectivity index (χ2v) is 8.07. The first-order valence-corrected chi connectivity index (χ1v) is 10.1. The molecule has 4 rings (SSSR count). The molecule has 1 N–H and O–H groups in total. The van der Waals surface area contributed by atoms with Crippen molar-refractivity contribution in [2.45, 2.75) is 33.2 Å². The monoisotopic (exact) mass is 453 g/mol. The van der Waals surface area contributed by atoms with Crippen LogP contribution in [0.3, 0.4) is 0 Å². The van der Waals surface area contributed by atoms with Crippen LogP contribution < -0.4 is 5.32 Å². The number of fused-ring (bicyclic) bond motifs is 1. The highest BCUT2D eigenvalue weighted by Gasteiger charge is 2.20. The lowest BCUT2D eigenvalue weighted by Crippen LogP contribution is -2.17. The molecule has 0 atom stereocenters. The molecule has 0 unspecified atom stereocenters. The number of hydrogen-bond acceptors (Lipinski definition) is 5. The van der Waals surface area contributed by atoms with Gasteiger partial charge in [-0.15, -0.1) is 0 Å². The van der Waals surface area contributed by atoms with E-state index in [2.05, 4.69) is 36.5 Å². The highest BCUT2D eigenvalue weighted by Crippen LogP contribution is 2.26. The van der Waals surface area contributed by atoms with E-state index in [9.17, 15) is 4.79 Å². The number of nitrogens with zero attached hydrogens (tertiary/aromatic N) is 4. The second-order valence-electron chi connectivity index (χ2n) is 7.16. The molecule has 0 saturated carbocycles. The normalized spacial score (nSPS) is 11.3. The van der Waals surface area contributed by atoms with Gasteiger partial charge < -0.3 is 9.84 Å². The van der Waals surface area contributed by atoms with Gasteiger partial charge in [-0.05, 0) is 36.6 Å². The molecule has 0 aliphatic heterocycles. The van der Waals surface area contributed by atoms with Crippen molar-refractivity contribution in [3.05, 3.63) is 69.6 Å². The third-order valence-corrected chi connectivity index (χ3v) is 5.15. The number of aryl methyl sites for hydroxylation is 1. The standard InChI is InChI=1S/C21H20BrN5O2/c1-12(2)17-10-16(19-13(3)26-29-21(19)24-17)20(28)25-18-7-8-23-27(18)11-14-5-4-6-15(22)9-14/h4-10,12H,11H2,1-3H3,(H,25,28). The zero-order chi connectivity index (χ0) is 20.5. The number of hydrogen-bond donors (Lipinski definition) is 1. The van der Waals surface area contributed by atoms with Gasteiger partial charge in [0.1, 0.15) is 5.82 Å². The third kappa shape index (κ3) is 3.93. The average Bonchev–Trinajstić information content (AvgIpc) is 3.27. The van der Waals surface area contributed by atoms with Crippen LogP contribution in [-0.4, -0.2) is 25.8 Å². The van der Waals surface area contributed by atoms with Crippen molar-refractivity contribution < 1.29 is 9.32 Å². The fraction of sp³-hybridized carbons (Fsp3) is 0.238. The lowest BCUT2D eigenvalue weighted by Gasteiger charge is -2.11. The second kappa shape index (κ2) is 7.79. The van der Waals surface area contributed by atoms with Crippen LogP contribution in [0, 0.1) is 6.92 Å². The molecular formula is C21H20BrN5O2. The number of carbonyl (C=O) groups is 1.